The monoisotopic (exact) mass is 189 g/mol. The molecule has 2 atom stereocenters. The summed E-state index contributed by atoms with van der Waals surface area (Å²) in [6, 6.07) is -0.915. The molecule has 1 aliphatic heterocycles. The fraction of sp³-hybridized carbons (Fsp3) is 0.875. The van der Waals surface area contributed by atoms with E-state index in [0.29, 0.717) is 13.2 Å². The summed E-state index contributed by atoms with van der Waals surface area (Å²) in [5, 5.41) is 8.55. The highest BCUT2D eigenvalue weighted by Gasteiger charge is 2.19. The Morgan fingerprint density at radius 1 is 1.77 bits per heavy atom. The Kier molecular flexibility index (Phi) is 4.14. The maximum atomic E-state index is 11.0. The van der Waals surface area contributed by atoms with Crippen molar-refractivity contribution in [3.63, 3.8) is 0 Å². The van der Waals surface area contributed by atoms with Crippen LogP contribution in [0.2, 0.25) is 0 Å². The van der Waals surface area contributed by atoms with Crippen LogP contribution in [0.15, 0.2) is 0 Å². The summed E-state index contributed by atoms with van der Waals surface area (Å²) < 4.78 is 9.98. The Morgan fingerprint density at radius 3 is 3.08 bits per heavy atom. The minimum Gasteiger partial charge on any atom is -0.464 e. The lowest BCUT2D eigenvalue weighted by Gasteiger charge is -2.11. The van der Waals surface area contributed by atoms with Crippen molar-refractivity contribution in [1.82, 2.24) is 0 Å². The van der Waals surface area contributed by atoms with Crippen LogP contribution in [0.25, 0.3) is 0 Å². The van der Waals surface area contributed by atoms with Crippen LogP contribution in [-0.4, -0.2) is 43.5 Å². The molecule has 1 fully saturated rings. The van der Waals surface area contributed by atoms with E-state index in [1.54, 1.807) is 0 Å². The van der Waals surface area contributed by atoms with Crippen molar-refractivity contribution >= 4 is 5.97 Å². The van der Waals surface area contributed by atoms with Crippen molar-refractivity contribution in [2.75, 3.05) is 26.4 Å². The SMILES string of the molecule is NC(CO)C(=O)OCC1CCOC1. The molecule has 0 aliphatic carbocycles. The number of ether oxygens (including phenoxy) is 2. The van der Waals surface area contributed by atoms with E-state index in [1.807, 2.05) is 0 Å². The zero-order valence-corrected chi connectivity index (χ0v) is 7.44. The van der Waals surface area contributed by atoms with Gasteiger partial charge in [-0.1, -0.05) is 0 Å². The molecule has 3 N–H and O–H groups in total. The van der Waals surface area contributed by atoms with E-state index in [4.69, 9.17) is 20.3 Å². The fourth-order valence-corrected chi connectivity index (χ4v) is 1.10. The van der Waals surface area contributed by atoms with E-state index < -0.39 is 12.0 Å². The van der Waals surface area contributed by atoms with Crippen molar-refractivity contribution in [1.29, 1.82) is 0 Å². The number of aliphatic hydroxyl groups excluding tert-OH is 1. The minimum absolute atomic E-state index is 0.287. The Bertz CT molecular complexity index is 168. The molecular formula is C8H15NO4. The predicted octanol–water partition coefficient (Wildman–Crippen LogP) is -1.11. The summed E-state index contributed by atoms with van der Waals surface area (Å²) in [6.07, 6.45) is 0.918. The van der Waals surface area contributed by atoms with E-state index >= 15 is 0 Å². The number of hydrogen-bond donors (Lipinski definition) is 2. The third-order valence-corrected chi connectivity index (χ3v) is 1.98. The minimum atomic E-state index is -0.915. The molecular weight excluding hydrogens is 174 g/mol. The van der Waals surface area contributed by atoms with Gasteiger partial charge in [-0.05, 0) is 6.42 Å². The summed E-state index contributed by atoms with van der Waals surface area (Å²) in [5.74, 6) is -0.260. The highest BCUT2D eigenvalue weighted by Crippen LogP contribution is 2.12. The Hall–Kier alpha value is -0.650. The highest BCUT2D eigenvalue weighted by atomic mass is 16.5. The molecule has 5 heteroatoms. The van der Waals surface area contributed by atoms with E-state index in [-0.39, 0.29) is 12.5 Å². The van der Waals surface area contributed by atoms with Gasteiger partial charge in [0, 0.05) is 12.5 Å². The van der Waals surface area contributed by atoms with Crippen LogP contribution in [0.5, 0.6) is 0 Å². The molecule has 0 spiro atoms. The number of esters is 1. The maximum absolute atomic E-state index is 11.0. The van der Waals surface area contributed by atoms with Crippen molar-refractivity contribution in [2.45, 2.75) is 12.5 Å². The molecule has 0 saturated carbocycles. The molecule has 0 radical (unpaired) electrons. The summed E-state index contributed by atoms with van der Waals surface area (Å²) in [6.45, 7) is 1.34. The topological polar surface area (TPSA) is 81.8 Å². The van der Waals surface area contributed by atoms with E-state index in [9.17, 15) is 4.79 Å². The van der Waals surface area contributed by atoms with Crippen LogP contribution in [0.4, 0.5) is 0 Å². The third-order valence-electron chi connectivity index (χ3n) is 1.98. The summed E-state index contributed by atoms with van der Waals surface area (Å²) >= 11 is 0. The summed E-state index contributed by atoms with van der Waals surface area (Å²) in [7, 11) is 0. The van der Waals surface area contributed by atoms with Gasteiger partial charge in [0.05, 0.1) is 19.8 Å². The first-order chi connectivity index (χ1) is 6.24. The average Bonchev–Trinajstić information content (AvgIpc) is 2.65. The lowest BCUT2D eigenvalue weighted by molar-refractivity contribution is -0.147. The quantitative estimate of drug-likeness (QED) is 0.548. The first kappa shape index (κ1) is 10.4. The standard InChI is InChI=1S/C8H15NO4/c9-7(3-10)8(11)13-5-6-1-2-12-4-6/h6-7,10H,1-5,9H2. The molecule has 0 bridgehead atoms. The second-order valence-electron chi connectivity index (χ2n) is 3.15. The second kappa shape index (κ2) is 5.16. The zero-order chi connectivity index (χ0) is 9.68. The van der Waals surface area contributed by atoms with Crippen LogP contribution in [0, 0.1) is 5.92 Å². The van der Waals surface area contributed by atoms with Crippen molar-refractivity contribution in [3.8, 4) is 0 Å². The normalized spacial score (nSPS) is 24.3. The van der Waals surface area contributed by atoms with Gasteiger partial charge in [0.25, 0.3) is 0 Å². The Labute approximate surface area is 76.8 Å². The van der Waals surface area contributed by atoms with Gasteiger partial charge in [0.1, 0.15) is 6.04 Å². The van der Waals surface area contributed by atoms with Crippen LogP contribution in [0.3, 0.4) is 0 Å². The molecule has 0 aromatic carbocycles. The molecule has 76 valence electrons. The molecule has 0 aromatic heterocycles. The number of hydrogen-bond acceptors (Lipinski definition) is 5. The number of rotatable bonds is 4. The smallest absolute Gasteiger partial charge is 0.325 e. The van der Waals surface area contributed by atoms with E-state index in [1.165, 1.54) is 0 Å². The number of aliphatic hydroxyl groups is 1. The molecule has 0 amide bonds. The zero-order valence-electron chi connectivity index (χ0n) is 7.44. The van der Waals surface area contributed by atoms with Crippen LogP contribution >= 0.6 is 0 Å². The Balaban J connectivity index is 2.13. The Morgan fingerprint density at radius 2 is 2.54 bits per heavy atom. The van der Waals surface area contributed by atoms with Gasteiger partial charge >= 0.3 is 5.97 Å². The highest BCUT2D eigenvalue weighted by molar-refractivity contribution is 5.75. The van der Waals surface area contributed by atoms with Crippen molar-refractivity contribution in [3.05, 3.63) is 0 Å². The molecule has 2 unspecified atom stereocenters. The molecule has 0 aromatic rings. The van der Waals surface area contributed by atoms with Crippen LogP contribution in [-0.2, 0) is 14.3 Å². The maximum Gasteiger partial charge on any atom is 0.325 e. The van der Waals surface area contributed by atoms with E-state index in [2.05, 4.69) is 0 Å². The lowest BCUT2D eigenvalue weighted by Crippen LogP contribution is -2.36. The van der Waals surface area contributed by atoms with Crippen molar-refractivity contribution in [2.24, 2.45) is 11.7 Å². The largest absolute Gasteiger partial charge is 0.464 e. The summed E-state index contributed by atoms with van der Waals surface area (Å²) in [4.78, 5) is 11.0. The fourth-order valence-electron chi connectivity index (χ4n) is 1.10. The van der Waals surface area contributed by atoms with E-state index in [0.717, 1.165) is 13.0 Å². The van der Waals surface area contributed by atoms with Gasteiger partial charge in [-0.25, -0.2) is 0 Å². The van der Waals surface area contributed by atoms with Gasteiger partial charge in [0.2, 0.25) is 0 Å². The van der Waals surface area contributed by atoms with Crippen molar-refractivity contribution < 1.29 is 19.4 Å². The molecule has 5 nitrogen and oxygen atoms in total. The van der Waals surface area contributed by atoms with Gasteiger partial charge in [-0.3, -0.25) is 4.79 Å². The molecule has 1 aliphatic rings. The first-order valence-electron chi connectivity index (χ1n) is 4.35. The lowest BCUT2D eigenvalue weighted by atomic mass is 10.1. The van der Waals surface area contributed by atoms with Crippen LogP contribution in [0.1, 0.15) is 6.42 Å². The molecule has 1 saturated heterocycles. The molecule has 1 rings (SSSR count). The number of nitrogens with two attached hydrogens (primary N) is 1. The van der Waals surface area contributed by atoms with Crippen LogP contribution < -0.4 is 5.73 Å². The molecule has 13 heavy (non-hydrogen) atoms. The molecule has 1 heterocycles. The average molecular weight is 189 g/mol. The second-order valence-corrected chi connectivity index (χ2v) is 3.15. The summed E-state index contributed by atoms with van der Waals surface area (Å²) in [5.41, 5.74) is 5.25. The van der Waals surface area contributed by atoms with Gasteiger partial charge < -0.3 is 20.3 Å². The number of carbonyl (C=O) groups excluding carboxylic acids is 1. The van der Waals surface area contributed by atoms with Gasteiger partial charge in [-0.15, -0.1) is 0 Å². The third kappa shape index (κ3) is 3.30. The number of carbonyl (C=O) groups is 1. The van der Waals surface area contributed by atoms with Gasteiger partial charge in [-0.2, -0.15) is 0 Å². The predicted molar refractivity (Wildman–Crippen MR) is 44.9 cm³/mol. The van der Waals surface area contributed by atoms with Gasteiger partial charge in [0.15, 0.2) is 0 Å². The first-order valence-corrected chi connectivity index (χ1v) is 4.35.